The molecule has 1 aliphatic heterocycles. The lowest BCUT2D eigenvalue weighted by Gasteiger charge is -2.10. The largest absolute Gasteiger partial charge is 0.481 e. The van der Waals surface area contributed by atoms with Crippen molar-refractivity contribution in [3.63, 3.8) is 0 Å². The summed E-state index contributed by atoms with van der Waals surface area (Å²) in [7, 11) is 0. The lowest BCUT2D eigenvalue weighted by Crippen LogP contribution is -2.25. The summed E-state index contributed by atoms with van der Waals surface area (Å²) in [5.74, 6) is -0.807. The Morgan fingerprint density at radius 3 is 3.00 bits per heavy atom. The molecule has 0 aliphatic carbocycles. The fourth-order valence-corrected chi connectivity index (χ4v) is 3.21. The number of carboxylic acid groups (broad SMARTS) is 1. The van der Waals surface area contributed by atoms with Gasteiger partial charge in [0.05, 0.1) is 5.75 Å². The number of carbonyl (C=O) groups excluding carboxylic acids is 1. The van der Waals surface area contributed by atoms with Gasteiger partial charge in [-0.15, -0.1) is 10.2 Å². The van der Waals surface area contributed by atoms with E-state index in [0.717, 1.165) is 11.8 Å². The van der Waals surface area contributed by atoms with Crippen LogP contribution in [-0.2, 0) is 9.59 Å². The Morgan fingerprint density at radius 2 is 2.39 bits per heavy atom. The van der Waals surface area contributed by atoms with E-state index in [0.29, 0.717) is 29.0 Å². The Bertz CT molecular complexity index is 464. The summed E-state index contributed by atoms with van der Waals surface area (Å²) < 4.78 is 0.552. The quantitative estimate of drug-likeness (QED) is 0.581. The number of anilines is 1. The molecule has 2 rings (SSSR count). The highest BCUT2D eigenvalue weighted by Gasteiger charge is 2.31. The Hall–Kier alpha value is -1.19. The number of amides is 1. The lowest BCUT2D eigenvalue weighted by molar-refractivity contribution is -0.133. The van der Waals surface area contributed by atoms with Crippen molar-refractivity contribution in [3.8, 4) is 0 Å². The summed E-state index contributed by atoms with van der Waals surface area (Å²) in [6.07, 6.45) is 0.438. The van der Waals surface area contributed by atoms with Crippen molar-refractivity contribution in [2.45, 2.75) is 10.8 Å². The molecule has 1 fully saturated rings. The van der Waals surface area contributed by atoms with Gasteiger partial charge in [0.25, 0.3) is 0 Å². The van der Waals surface area contributed by atoms with Crippen LogP contribution >= 0.6 is 23.1 Å². The van der Waals surface area contributed by atoms with Crippen LogP contribution in [0.15, 0.2) is 4.34 Å². The van der Waals surface area contributed by atoms with E-state index in [-0.39, 0.29) is 17.6 Å². The third-order valence-corrected chi connectivity index (χ3v) is 4.55. The van der Waals surface area contributed by atoms with Gasteiger partial charge in [-0.05, 0) is 12.5 Å². The van der Waals surface area contributed by atoms with Gasteiger partial charge in [-0.2, -0.15) is 0 Å². The van der Waals surface area contributed by atoms with Crippen LogP contribution in [-0.4, -0.2) is 46.0 Å². The fourth-order valence-electron chi connectivity index (χ4n) is 1.62. The normalized spacial score (nSPS) is 19.5. The van der Waals surface area contributed by atoms with Crippen LogP contribution in [0.3, 0.4) is 0 Å². The minimum Gasteiger partial charge on any atom is -0.481 e. The number of thioether (sulfide) groups is 1. The standard InChI is InChI=1S/C9H12N4O3S2/c10-2-5-1-6(14)13(3-5)8-11-12-9(18-8)17-4-7(15)16/h5H,1-4,10H2,(H,15,16). The first-order valence-corrected chi connectivity index (χ1v) is 7.09. The van der Waals surface area contributed by atoms with Gasteiger partial charge in [0.2, 0.25) is 11.0 Å². The van der Waals surface area contributed by atoms with E-state index in [9.17, 15) is 9.59 Å². The molecule has 1 atom stereocenters. The summed E-state index contributed by atoms with van der Waals surface area (Å²) in [6, 6.07) is 0. The molecule has 1 aromatic heterocycles. The SMILES string of the molecule is NCC1CC(=O)N(c2nnc(SCC(=O)O)s2)C1. The zero-order valence-corrected chi connectivity index (χ0v) is 11.0. The summed E-state index contributed by atoms with van der Waals surface area (Å²) in [5.41, 5.74) is 5.54. The molecule has 9 heteroatoms. The smallest absolute Gasteiger partial charge is 0.313 e. The zero-order chi connectivity index (χ0) is 13.1. The number of aliphatic carboxylic acids is 1. The highest BCUT2D eigenvalue weighted by Crippen LogP contribution is 2.31. The minimum atomic E-state index is -0.905. The molecule has 98 valence electrons. The van der Waals surface area contributed by atoms with Gasteiger partial charge in [0.15, 0.2) is 4.34 Å². The van der Waals surface area contributed by atoms with Crippen LogP contribution in [0.1, 0.15) is 6.42 Å². The second-order valence-corrected chi connectivity index (χ2v) is 6.02. The van der Waals surface area contributed by atoms with Crippen LogP contribution in [0.2, 0.25) is 0 Å². The van der Waals surface area contributed by atoms with Crippen LogP contribution in [0.4, 0.5) is 5.13 Å². The molecule has 0 saturated carbocycles. The average molecular weight is 288 g/mol. The first kappa shape index (κ1) is 13.2. The summed E-state index contributed by atoms with van der Waals surface area (Å²) >= 11 is 2.33. The topological polar surface area (TPSA) is 109 Å². The van der Waals surface area contributed by atoms with E-state index in [1.54, 1.807) is 4.90 Å². The predicted octanol–water partition coefficient (Wildman–Crippen LogP) is 0.0264. The number of nitrogens with two attached hydrogens (primary N) is 1. The molecule has 0 bridgehead atoms. The van der Waals surface area contributed by atoms with E-state index in [4.69, 9.17) is 10.8 Å². The monoisotopic (exact) mass is 288 g/mol. The zero-order valence-electron chi connectivity index (χ0n) is 9.40. The van der Waals surface area contributed by atoms with Crippen molar-refractivity contribution in [1.82, 2.24) is 10.2 Å². The fraction of sp³-hybridized carbons (Fsp3) is 0.556. The number of nitrogens with zero attached hydrogens (tertiary/aromatic N) is 3. The molecule has 18 heavy (non-hydrogen) atoms. The summed E-state index contributed by atoms with van der Waals surface area (Å²) in [4.78, 5) is 23.7. The van der Waals surface area contributed by atoms with Crippen LogP contribution in [0.25, 0.3) is 0 Å². The van der Waals surface area contributed by atoms with Gasteiger partial charge in [0, 0.05) is 13.0 Å². The number of hydrogen-bond donors (Lipinski definition) is 2. The second kappa shape index (κ2) is 5.63. The van der Waals surface area contributed by atoms with Gasteiger partial charge in [-0.25, -0.2) is 0 Å². The van der Waals surface area contributed by atoms with Gasteiger partial charge in [0.1, 0.15) is 0 Å². The maximum absolute atomic E-state index is 11.7. The highest BCUT2D eigenvalue weighted by atomic mass is 32.2. The molecule has 1 aliphatic rings. The molecule has 1 saturated heterocycles. The summed E-state index contributed by atoms with van der Waals surface area (Å²) in [5, 5.41) is 16.9. The first-order valence-electron chi connectivity index (χ1n) is 5.28. The molecule has 1 aromatic rings. The molecule has 1 unspecified atom stereocenters. The highest BCUT2D eigenvalue weighted by molar-refractivity contribution is 8.01. The van der Waals surface area contributed by atoms with E-state index >= 15 is 0 Å². The maximum atomic E-state index is 11.7. The van der Waals surface area contributed by atoms with E-state index in [1.807, 2.05) is 0 Å². The molecule has 7 nitrogen and oxygen atoms in total. The minimum absolute atomic E-state index is 0.00335. The third-order valence-electron chi connectivity index (χ3n) is 2.48. The van der Waals surface area contributed by atoms with Gasteiger partial charge < -0.3 is 10.8 Å². The number of rotatable bonds is 5. The molecule has 3 N–H and O–H groups in total. The van der Waals surface area contributed by atoms with E-state index in [2.05, 4.69) is 10.2 Å². The summed E-state index contributed by atoms with van der Waals surface area (Å²) in [6.45, 7) is 1.04. The lowest BCUT2D eigenvalue weighted by atomic mass is 10.1. The van der Waals surface area contributed by atoms with Crippen molar-refractivity contribution in [2.24, 2.45) is 11.7 Å². The molecule has 2 heterocycles. The molecule has 0 radical (unpaired) electrons. The van der Waals surface area contributed by atoms with Gasteiger partial charge >= 0.3 is 5.97 Å². The average Bonchev–Trinajstić information content (AvgIpc) is 2.92. The van der Waals surface area contributed by atoms with E-state index < -0.39 is 5.97 Å². The van der Waals surface area contributed by atoms with Crippen molar-refractivity contribution in [2.75, 3.05) is 23.7 Å². The molecule has 0 aromatic carbocycles. The second-order valence-electron chi connectivity index (χ2n) is 3.84. The van der Waals surface area contributed by atoms with Crippen molar-refractivity contribution < 1.29 is 14.7 Å². The Kier molecular flexibility index (Phi) is 4.15. The Morgan fingerprint density at radius 1 is 1.61 bits per heavy atom. The van der Waals surface area contributed by atoms with Crippen molar-refractivity contribution >= 4 is 40.1 Å². The van der Waals surface area contributed by atoms with Crippen LogP contribution in [0, 0.1) is 5.92 Å². The number of carbonyl (C=O) groups is 2. The van der Waals surface area contributed by atoms with Crippen LogP contribution in [0.5, 0.6) is 0 Å². The number of aromatic nitrogens is 2. The van der Waals surface area contributed by atoms with E-state index in [1.165, 1.54) is 11.3 Å². The molecular formula is C9H12N4O3S2. The van der Waals surface area contributed by atoms with Gasteiger partial charge in [-0.3, -0.25) is 14.5 Å². The van der Waals surface area contributed by atoms with Crippen LogP contribution < -0.4 is 10.6 Å². The number of hydrogen-bond acceptors (Lipinski definition) is 7. The third kappa shape index (κ3) is 2.98. The molecule has 0 spiro atoms. The Balaban J connectivity index is 2.01. The van der Waals surface area contributed by atoms with Gasteiger partial charge in [-0.1, -0.05) is 23.1 Å². The maximum Gasteiger partial charge on any atom is 0.313 e. The number of carboxylic acids is 1. The molecule has 1 amide bonds. The van der Waals surface area contributed by atoms with Crippen molar-refractivity contribution in [1.29, 1.82) is 0 Å². The molecular weight excluding hydrogens is 276 g/mol. The Labute approximate surface area is 111 Å². The predicted molar refractivity (Wildman–Crippen MR) is 67.8 cm³/mol. The van der Waals surface area contributed by atoms with Crippen molar-refractivity contribution in [3.05, 3.63) is 0 Å². The first-order chi connectivity index (χ1) is 8.60.